The molecule has 9 heteroatoms. The summed E-state index contributed by atoms with van der Waals surface area (Å²) in [4.78, 5) is 38.7. The first-order valence-corrected chi connectivity index (χ1v) is 6.06. The number of hydrogen-bond donors (Lipinski definition) is 3. The van der Waals surface area contributed by atoms with Gasteiger partial charge in [-0.1, -0.05) is 0 Å². The molecule has 1 aliphatic heterocycles. The van der Waals surface area contributed by atoms with Gasteiger partial charge in [0.15, 0.2) is 5.60 Å². The fourth-order valence-electron chi connectivity index (χ4n) is 1.68. The maximum atomic E-state index is 11.6. The number of aliphatic hydroxyl groups is 1. The molecule has 1 atom stereocenters. The van der Waals surface area contributed by atoms with Crippen molar-refractivity contribution >= 4 is 17.9 Å². The second-order valence-electron chi connectivity index (χ2n) is 4.41. The molecule has 20 heavy (non-hydrogen) atoms. The largest absolute Gasteiger partial charge is 0.479 e. The highest BCUT2D eigenvalue weighted by atomic mass is 16.7. The summed E-state index contributed by atoms with van der Waals surface area (Å²) in [6.45, 7) is 2.21. The van der Waals surface area contributed by atoms with Crippen molar-refractivity contribution in [2.75, 3.05) is 33.3 Å². The molecule has 0 radical (unpaired) electrons. The van der Waals surface area contributed by atoms with Crippen LogP contribution in [0.1, 0.15) is 12.8 Å². The molecule has 3 N–H and O–H groups in total. The first-order valence-electron chi connectivity index (χ1n) is 6.06. The van der Waals surface area contributed by atoms with Crippen molar-refractivity contribution in [1.29, 1.82) is 0 Å². The van der Waals surface area contributed by atoms with Crippen molar-refractivity contribution in [3.8, 4) is 0 Å². The lowest BCUT2D eigenvalue weighted by Crippen LogP contribution is -2.47. The lowest BCUT2D eigenvalue weighted by atomic mass is 9.96. The first-order chi connectivity index (χ1) is 9.37. The number of carboxylic acid groups (broad SMARTS) is 1. The highest BCUT2D eigenvalue weighted by Gasteiger charge is 2.42. The summed E-state index contributed by atoms with van der Waals surface area (Å²) in [5.74, 6) is -3.52. The Hall–Kier alpha value is -1.71. The number of esters is 1. The van der Waals surface area contributed by atoms with Gasteiger partial charge in [-0.25, -0.2) is 4.79 Å². The zero-order valence-electron chi connectivity index (χ0n) is 11.1. The van der Waals surface area contributed by atoms with Crippen molar-refractivity contribution in [2.45, 2.75) is 18.4 Å². The molecule has 114 valence electrons. The second kappa shape index (κ2) is 7.17. The van der Waals surface area contributed by atoms with Crippen molar-refractivity contribution in [2.24, 2.45) is 0 Å². The fourth-order valence-corrected chi connectivity index (χ4v) is 1.68. The van der Waals surface area contributed by atoms with Gasteiger partial charge in [-0.05, 0) is 0 Å². The van der Waals surface area contributed by atoms with Gasteiger partial charge in [0.2, 0.25) is 0 Å². The predicted octanol–water partition coefficient (Wildman–Crippen LogP) is -1.88. The summed E-state index contributed by atoms with van der Waals surface area (Å²) in [5, 5.41) is 23.2. The van der Waals surface area contributed by atoms with Crippen LogP contribution in [0, 0.1) is 0 Å². The number of aliphatic carboxylic acids is 1. The molecular formula is C11H18N2O7. The third-order valence-corrected chi connectivity index (χ3v) is 2.81. The fraction of sp³-hybridized carbons (Fsp3) is 0.727. The van der Waals surface area contributed by atoms with Gasteiger partial charge in [0.05, 0.1) is 20.0 Å². The number of nitrogens with one attached hydrogen (secondary N) is 1. The van der Waals surface area contributed by atoms with Gasteiger partial charge >= 0.3 is 17.9 Å². The summed E-state index contributed by atoms with van der Waals surface area (Å²) < 4.78 is 4.29. The summed E-state index contributed by atoms with van der Waals surface area (Å²) in [5.41, 5.74) is -2.53. The van der Waals surface area contributed by atoms with E-state index in [-0.39, 0.29) is 0 Å². The maximum absolute atomic E-state index is 11.6. The highest BCUT2D eigenvalue weighted by Crippen LogP contribution is 2.18. The molecule has 0 aromatic heterocycles. The van der Waals surface area contributed by atoms with E-state index >= 15 is 0 Å². The molecule has 1 heterocycles. The molecule has 0 saturated carbocycles. The van der Waals surface area contributed by atoms with E-state index in [1.165, 1.54) is 5.06 Å². The Labute approximate surface area is 115 Å². The van der Waals surface area contributed by atoms with Crippen molar-refractivity contribution in [3.05, 3.63) is 0 Å². The zero-order chi connectivity index (χ0) is 15.2. The van der Waals surface area contributed by atoms with Gasteiger partial charge in [-0.15, -0.1) is 5.06 Å². The minimum absolute atomic E-state index is 0.467. The van der Waals surface area contributed by atoms with Gasteiger partial charge in [0.1, 0.15) is 0 Å². The molecule has 0 aromatic rings. The predicted molar refractivity (Wildman–Crippen MR) is 64.4 cm³/mol. The van der Waals surface area contributed by atoms with Gasteiger partial charge in [0, 0.05) is 26.2 Å². The Balaban J connectivity index is 2.57. The van der Waals surface area contributed by atoms with E-state index < -0.39 is 36.4 Å². The number of rotatable bonds is 6. The van der Waals surface area contributed by atoms with Crippen LogP contribution >= 0.6 is 0 Å². The number of carbonyl (C=O) groups is 3. The van der Waals surface area contributed by atoms with Crippen LogP contribution in [0.3, 0.4) is 0 Å². The Morgan fingerprint density at radius 2 is 1.75 bits per heavy atom. The topological polar surface area (TPSA) is 125 Å². The van der Waals surface area contributed by atoms with E-state index in [0.29, 0.717) is 26.2 Å². The van der Waals surface area contributed by atoms with Crippen molar-refractivity contribution in [1.82, 2.24) is 10.4 Å². The van der Waals surface area contributed by atoms with Gasteiger partial charge in [0.25, 0.3) is 0 Å². The third-order valence-electron chi connectivity index (χ3n) is 2.81. The van der Waals surface area contributed by atoms with E-state index in [2.05, 4.69) is 10.1 Å². The molecule has 0 bridgehead atoms. The van der Waals surface area contributed by atoms with Crippen molar-refractivity contribution < 1.29 is 34.2 Å². The summed E-state index contributed by atoms with van der Waals surface area (Å²) in [7, 11) is 1.06. The summed E-state index contributed by atoms with van der Waals surface area (Å²) in [6.07, 6.45) is -1.66. The summed E-state index contributed by atoms with van der Waals surface area (Å²) in [6, 6.07) is 0. The number of carbonyl (C=O) groups excluding carboxylic acids is 2. The molecule has 1 fully saturated rings. The van der Waals surface area contributed by atoms with Crippen LogP contribution in [0.25, 0.3) is 0 Å². The van der Waals surface area contributed by atoms with Gasteiger partial charge in [-0.2, -0.15) is 0 Å². The number of piperazine rings is 1. The Morgan fingerprint density at radius 1 is 1.20 bits per heavy atom. The molecule has 0 aliphatic carbocycles. The summed E-state index contributed by atoms with van der Waals surface area (Å²) >= 11 is 0. The monoisotopic (exact) mass is 290 g/mol. The smallest absolute Gasteiger partial charge is 0.336 e. The van der Waals surface area contributed by atoms with Crippen LogP contribution in [-0.4, -0.2) is 72.1 Å². The Bertz CT molecular complexity index is 381. The average molecular weight is 290 g/mol. The number of hydroxylamine groups is 2. The minimum Gasteiger partial charge on any atom is -0.479 e. The Morgan fingerprint density at radius 3 is 2.25 bits per heavy atom. The number of hydrogen-bond acceptors (Lipinski definition) is 8. The normalized spacial score (nSPS) is 18.9. The standard InChI is InChI=1S/C11H18N2O7/c1-19-8(14)6-11(18,10(16)17)7-9(15)20-13-4-2-12-3-5-13/h12,18H,2-7H2,1H3,(H,16,17). The van der Waals surface area contributed by atoms with Gasteiger partial charge in [-0.3, -0.25) is 9.59 Å². The SMILES string of the molecule is COC(=O)CC(O)(CC(=O)ON1CCNCC1)C(=O)O. The average Bonchev–Trinajstić information content (AvgIpc) is 2.39. The number of methoxy groups -OCH3 is 1. The zero-order valence-corrected chi connectivity index (χ0v) is 11.1. The third kappa shape index (κ3) is 4.76. The first kappa shape index (κ1) is 16.3. The van der Waals surface area contributed by atoms with Crippen LogP contribution < -0.4 is 5.32 Å². The Kier molecular flexibility index (Phi) is 5.86. The maximum Gasteiger partial charge on any atom is 0.336 e. The number of nitrogens with zero attached hydrogens (tertiary/aromatic N) is 1. The molecular weight excluding hydrogens is 272 g/mol. The van der Waals surface area contributed by atoms with E-state index in [1.807, 2.05) is 0 Å². The molecule has 0 aromatic carbocycles. The minimum atomic E-state index is -2.53. The number of carboxylic acids is 1. The lowest BCUT2D eigenvalue weighted by Gasteiger charge is -2.27. The van der Waals surface area contributed by atoms with Crippen LogP contribution in [0.2, 0.25) is 0 Å². The van der Waals surface area contributed by atoms with Crippen LogP contribution in [0.15, 0.2) is 0 Å². The van der Waals surface area contributed by atoms with Crippen LogP contribution in [-0.2, 0) is 24.0 Å². The highest BCUT2D eigenvalue weighted by molar-refractivity contribution is 5.88. The van der Waals surface area contributed by atoms with Crippen LogP contribution in [0.4, 0.5) is 0 Å². The van der Waals surface area contributed by atoms with E-state index in [9.17, 15) is 19.5 Å². The molecule has 1 unspecified atom stereocenters. The molecule has 9 nitrogen and oxygen atoms in total. The molecule has 1 rings (SSSR count). The lowest BCUT2D eigenvalue weighted by molar-refractivity contribution is -0.200. The molecule has 1 saturated heterocycles. The quantitative estimate of drug-likeness (QED) is 0.482. The van der Waals surface area contributed by atoms with E-state index in [4.69, 9.17) is 9.94 Å². The number of ether oxygens (including phenoxy) is 1. The second-order valence-corrected chi connectivity index (χ2v) is 4.41. The molecule has 0 spiro atoms. The van der Waals surface area contributed by atoms with E-state index in [0.717, 1.165) is 7.11 Å². The van der Waals surface area contributed by atoms with Crippen molar-refractivity contribution in [3.63, 3.8) is 0 Å². The van der Waals surface area contributed by atoms with E-state index in [1.54, 1.807) is 0 Å². The van der Waals surface area contributed by atoms with Gasteiger partial charge < -0.3 is 25.1 Å². The molecule has 0 amide bonds. The molecule has 1 aliphatic rings. The van der Waals surface area contributed by atoms with Crippen LogP contribution in [0.5, 0.6) is 0 Å².